The predicted molar refractivity (Wildman–Crippen MR) is 111 cm³/mol. The molecule has 0 radical (unpaired) electrons. The van der Waals surface area contributed by atoms with E-state index in [-0.39, 0.29) is 18.4 Å². The van der Waals surface area contributed by atoms with Crippen LogP contribution >= 0.6 is 23.2 Å². The van der Waals surface area contributed by atoms with Gasteiger partial charge >= 0.3 is 17.2 Å². The lowest BCUT2D eigenvalue weighted by molar-refractivity contribution is -0.389. The molecule has 1 aliphatic rings. The minimum atomic E-state index is -1.49. The third-order valence-electron chi connectivity index (χ3n) is 4.65. The summed E-state index contributed by atoms with van der Waals surface area (Å²) in [6.07, 6.45) is 0.586. The van der Waals surface area contributed by atoms with E-state index in [0.29, 0.717) is 31.2 Å². The lowest BCUT2D eigenvalue weighted by atomic mass is 10.1. The van der Waals surface area contributed by atoms with E-state index in [1.807, 2.05) is 24.3 Å². The Morgan fingerprint density at radius 3 is 2.47 bits per heavy atom. The quantitative estimate of drug-likeness (QED) is 0.523. The Labute approximate surface area is 182 Å². The van der Waals surface area contributed by atoms with Gasteiger partial charge in [0, 0.05) is 36.9 Å². The van der Waals surface area contributed by atoms with Crippen LogP contribution in [-0.2, 0) is 11.3 Å². The second-order valence-corrected chi connectivity index (χ2v) is 8.03. The predicted octanol–water partition coefficient (Wildman–Crippen LogP) is 2.81. The zero-order chi connectivity index (χ0) is 21.9. The number of anilines is 1. The summed E-state index contributed by atoms with van der Waals surface area (Å²) in [5.74, 6) is -0.425. The van der Waals surface area contributed by atoms with Crippen molar-refractivity contribution in [2.24, 2.45) is 0 Å². The van der Waals surface area contributed by atoms with Gasteiger partial charge in [0.2, 0.25) is 0 Å². The van der Waals surface area contributed by atoms with Gasteiger partial charge in [0.1, 0.15) is 18.4 Å². The van der Waals surface area contributed by atoms with Gasteiger partial charge in [0.25, 0.3) is 0 Å². The van der Waals surface area contributed by atoms with Crippen molar-refractivity contribution in [3.8, 4) is 0 Å². The van der Waals surface area contributed by atoms with E-state index in [1.165, 1.54) is 11.5 Å². The van der Waals surface area contributed by atoms with Gasteiger partial charge in [-0.15, -0.1) is 0 Å². The highest BCUT2D eigenvalue weighted by molar-refractivity contribution is 6.30. The molecule has 12 heteroatoms. The molecule has 2 heterocycles. The van der Waals surface area contributed by atoms with Crippen molar-refractivity contribution in [1.29, 1.82) is 0 Å². The van der Waals surface area contributed by atoms with E-state index in [0.717, 1.165) is 11.9 Å². The standard InChI is InChI=1S/C18H21Cl2N5O5/c1-18(27,11-24-10-15(25(28)29)21-16(24)20)12-30-17(26)23-8-6-22(7-9-23)14-4-2-13(19)3-5-14/h2-5,10,27H,6-9,11-12H2,1H3/t18-/m1/s1. The Morgan fingerprint density at radius 1 is 1.27 bits per heavy atom. The molecule has 0 aliphatic carbocycles. The van der Waals surface area contributed by atoms with E-state index in [9.17, 15) is 20.0 Å². The number of rotatable bonds is 6. The average molecular weight is 458 g/mol. The fraction of sp³-hybridized carbons (Fsp3) is 0.444. The van der Waals surface area contributed by atoms with Crippen LogP contribution in [0, 0.1) is 10.1 Å². The maximum absolute atomic E-state index is 12.4. The summed E-state index contributed by atoms with van der Waals surface area (Å²) in [6.45, 7) is 3.26. The molecule has 1 aromatic carbocycles. The molecule has 162 valence electrons. The first-order chi connectivity index (χ1) is 14.1. The minimum Gasteiger partial charge on any atom is -0.446 e. The minimum absolute atomic E-state index is 0.121. The number of carbonyl (C=O) groups excluding carboxylic acids is 1. The molecule has 30 heavy (non-hydrogen) atoms. The second-order valence-electron chi connectivity index (χ2n) is 7.26. The van der Waals surface area contributed by atoms with Crippen LogP contribution in [0.3, 0.4) is 0 Å². The third-order valence-corrected chi connectivity index (χ3v) is 5.20. The number of aromatic nitrogens is 2. The summed E-state index contributed by atoms with van der Waals surface area (Å²) >= 11 is 11.8. The molecule has 1 atom stereocenters. The topological polar surface area (TPSA) is 114 Å². The SMILES string of the molecule is C[C@](O)(COC(=O)N1CCN(c2ccc(Cl)cc2)CC1)Cn1cc([N+](=O)[O-])nc1Cl. The highest BCUT2D eigenvalue weighted by Crippen LogP contribution is 2.21. The summed E-state index contributed by atoms with van der Waals surface area (Å²) in [6, 6.07) is 7.50. The number of ether oxygens (including phenoxy) is 1. The van der Waals surface area contributed by atoms with Gasteiger partial charge in [-0.2, -0.15) is 0 Å². The Bertz CT molecular complexity index is 910. The van der Waals surface area contributed by atoms with E-state index in [2.05, 4.69) is 9.88 Å². The van der Waals surface area contributed by atoms with Crippen molar-refractivity contribution in [3.63, 3.8) is 0 Å². The Balaban J connectivity index is 1.49. The molecule has 1 aliphatic heterocycles. The van der Waals surface area contributed by atoms with E-state index < -0.39 is 22.4 Å². The molecule has 10 nitrogen and oxygen atoms in total. The van der Waals surface area contributed by atoms with Crippen LogP contribution in [-0.4, -0.2) is 69.0 Å². The van der Waals surface area contributed by atoms with Gasteiger partial charge in [-0.1, -0.05) is 11.6 Å². The zero-order valence-corrected chi connectivity index (χ0v) is 17.7. The summed E-state index contributed by atoms with van der Waals surface area (Å²) in [4.78, 5) is 29.8. The number of amides is 1. The summed E-state index contributed by atoms with van der Waals surface area (Å²) in [5.41, 5.74) is -0.458. The fourth-order valence-electron chi connectivity index (χ4n) is 3.10. The van der Waals surface area contributed by atoms with Crippen molar-refractivity contribution in [2.45, 2.75) is 19.1 Å². The smallest absolute Gasteiger partial charge is 0.409 e. The first-order valence-corrected chi connectivity index (χ1v) is 9.92. The van der Waals surface area contributed by atoms with Gasteiger partial charge in [0.15, 0.2) is 0 Å². The van der Waals surface area contributed by atoms with Gasteiger partial charge in [0.05, 0.1) is 6.54 Å². The lowest BCUT2D eigenvalue weighted by Gasteiger charge is -2.36. The number of hydrogen-bond acceptors (Lipinski definition) is 7. The van der Waals surface area contributed by atoms with Gasteiger partial charge in [-0.05, 0) is 52.7 Å². The molecule has 0 saturated carbocycles. The van der Waals surface area contributed by atoms with Crippen molar-refractivity contribution in [1.82, 2.24) is 14.5 Å². The monoisotopic (exact) mass is 457 g/mol. The summed E-state index contributed by atoms with van der Waals surface area (Å²) < 4.78 is 6.49. The Morgan fingerprint density at radius 2 is 1.90 bits per heavy atom. The first-order valence-electron chi connectivity index (χ1n) is 9.16. The number of hydrogen-bond donors (Lipinski definition) is 1. The summed E-state index contributed by atoms with van der Waals surface area (Å²) in [5, 5.41) is 21.8. The van der Waals surface area contributed by atoms with Gasteiger partial charge < -0.3 is 29.8 Å². The van der Waals surface area contributed by atoms with Crippen LogP contribution in [0.1, 0.15) is 6.92 Å². The zero-order valence-electron chi connectivity index (χ0n) is 16.2. The molecule has 1 aromatic heterocycles. The number of benzene rings is 1. The molecule has 2 aromatic rings. The molecule has 3 rings (SSSR count). The van der Waals surface area contributed by atoms with Crippen LogP contribution in [0.25, 0.3) is 0 Å². The third kappa shape index (κ3) is 5.53. The molecule has 0 spiro atoms. The first kappa shape index (κ1) is 22.1. The van der Waals surface area contributed by atoms with Gasteiger partial charge in [-0.25, -0.2) is 4.79 Å². The highest BCUT2D eigenvalue weighted by atomic mass is 35.5. The molecule has 0 unspecified atom stereocenters. The number of nitrogens with zero attached hydrogens (tertiary/aromatic N) is 5. The maximum Gasteiger partial charge on any atom is 0.409 e. The fourth-order valence-corrected chi connectivity index (χ4v) is 3.42. The van der Waals surface area contributed by atoms with Crippen molar-refractivity contribution < 1.29 is 19.6 Å². The lowest BCUT2D eigenvalue weighted by Crippen LogP contribution is -2.50. The molecule has 1 N–H and O–H groups in total. The molecule has 1 saturated heterocycles. The largest absolute Gasteiger partial charge is 0.446 e. The van der Waals surface area contributed by atoms with Crippen LogP contribution < -0.4 is 4.90 Å². The van der Waals surface area contributed by atoms with Crippen molar-refractivity contribution in [3.05, 3.63) is 50.9 Å². The average Bonchev–Trinajstić information content (AvgIpc) is 3.07. The van der Waals surface area contributed by atoms with E-state index >= 15 is 0 Å². The number of aliphatic hydroxyl groups is 1. The van der Waals surface area contributed by atoms with Crippen molar-refractivity contribution >= 4 is 40.8 Å². The highest BCUT2D eigenvalue weighted by Gasteiger charge is 2.29. The molecule has 1 amide bonds. The van der Waals surface area contributed by atoms with Crippen LogP contribution in [0.15, 0.2) is 30.5 Å². The Hall–Kier alpha value is -2.56. The molecular weight excluding hydrogens is 437 g/mol. The van der Waals surface area contributed by atoms with Crippen LogP contribution in [0.5, 0.6) is 0 Å². The van der Waals surface area contributed by atoms with Crippen molar-refractivity contribution in [2.75, 3.05) is 37.7 Å². The maximum atomic E-state index is 12.4. The number of nitro groups is 1. The number of imidazole rings is 1. The number of carbonyl (C=O) groups is 1. The second kappa shape index (κ2) is 9.07. The molecular formula is C18H21Cl2N5O5. The number of piperazine rings is 1. The van der Waals surface area contributed by atoms with Gasteiger partial charge in [-0.3, -0.25) is 4.57 Å². The molecule has 1 fully saturated rings. The van der Waals surface area contributed by atoms with Crippen LogP contribution in [0.4, 0.5) is 16.3 Å². The summed E-state index contributed by atoms with van der Waals surface area (Å²) in [7, 11) is 0. The van der Waals surface area contributed by atoms with E-state index in [4.69, 9.17) is 27.9 Å². The molecule has 0 bridgehead atoms. The number of halogens is 2. The van der Waals surface area contributed by atoms with Crippen LogP contribution in [0.2, 0.25) is 10.3 Å². The normalized spacial score (nSPS) is 16.3. The van der Waals surface area contributed by atoms with E-state index in [1.54, 1.807) is 4.90 Å². The Kier molecular flexibility index (Phi) is 6.69.